The Morgan fingerprint density at radius 3 is 1.75 bits per heavy atom. The van der Waals surface area contributed by atoms with E-state index in [1.807, 2.05) is 6.26 Å². The van der Waals surface area contributed by atoms with Gasteiger partial charge >= 0.3 is 29.6 Å². The molecule has 0 aliphatic carbocycles. The fourth-order valence-corrected chi connectivity index (χ4v) is 0. The van der Waals surface area contributed by atoms with Crippen molar-refractivity contribution < 1.29 is 29.6 Å². The molecule has 0 rings (SSSR count). The summed E-state index contributed by atoms with van der Waals surface area (Å²) in [6.07, 6.45) is 5.33. The van der Waals surface area contributed by atoms with Gasteiger partial charge in [0.05, 0.1) is 0 Å². The fourth-order valence-electron chi connectivity index (χ4n) is 0. The largest absolute Gasteiger partial charge is 1.00 e. The molecule has 2 heteroatoms. The van der Waals surface area contributed by atoms with Gasteiger partial charge in [-0.2, -0.15) is 0 Å². The van der Waals surface area contributed by atoms with Crippen molar-refractivity contribution in [1.82, 2.24) is 0 Å². The second-order valence-electron chi connectivity index (χ2n) is 0.289. The van der Waals surface area contributed by atoms with E-state index in [4.69, 9.17) is 0 Å². The Hall–Kier alpha value is 1.35. The molecule has 0 heterocycles. The molecule has 0 aromatic rings. The van der Waals surface area contributed by atoms with Crippen LogP contribution in [0.2, 0.25) is 0 Å². The van der Waals surface area contributed by atoms with Crippen molar-refractivity contribution in [2.75, 3.05) is 6.26 Å². The molecule has 0 aromatic carbocycles. The van der Waals surface area contributed by atoms with Crippen LogP contribution in [0.25, 0.3) is 0 Å². The number of rotatable bonds is 0. The third kappa shape index (κ3) is 10.2. The Balaban J connectivity index is 0. The molecule has 0 amide bonds. The Morgan fingerprint density at radius 1 is 1.75 bits per heavy atom. The van der Waals surface area contributed by atoms with Gasteiger partial charge in [-0.25, -0.2) is 0 Å². The standard InChI is InChI=1S/C2H5S.Na/c1-3-2;/h1H2,2H3;/q-1;+1. The molecule has 0 unspecified atom stereocenters. The molecule has 0 radical (unpaired) electrons. The van der Waals surface area contributed by atoms with Crippen LogP contribution in [-0.4, -0.2) is 6.26 Å². The maximum absolute atomic E-state index is 3.40. The zero-order valence-electron chi connectivity index (χ0n) is 3.12. The summed E-state index contributed by atoms with van der Waals surface area (Å²) < 4.78 is 0. The summed E-state index contributed by atoms with van der Waals surface area (Å²) in [5, 5.41) is 0. The van der Waals surface area contributed by atoms with Crippen molar-refractivity contribution in [2.45, 2.75) is 0 Å². The van der Waals surface area contributed by atoms with E-state index >= 15 is 0 Å². The van der Waals surface area contributed by atoms with Crippen LogP contribution in [-0.2, 0) is 0 Å². The molecule has 0 saturated carbocycles. The molecule has 0 fully saturated rings. The maximum atomic E-state index is 3.40. The number of hydrogen-bond acceptors (Lipinski definition) is 1. The molecule has 0 aliphatic rings. The first kappa shape index (κ1) is 9.02. The molecule has 0 nitrogen and oxygen atoms in total. The van der Waals surface area contributed by atoms with Crippen LogP contribution >= 0.6 is 11.8 Å². The van der Waals surface area contributed by atoms with E-state index in [2.05, 4.69) is 6.26 Å². The second kappa shape index (κ2) is 8.84. The van der Waals surface area contributed by atoms with Gasteiger partial charge in [0.15, 0.2) is 0 Å². The molecule has 0 N–H and O–H groups in total. The predicted octanol–water partition coefficient (Wildman–Crippen LogP) is -1.86. The molecule has 0 aromatic heterocycles. The topological polar surface area (TPSA) is 0 Å². The minimum atomic E-state index is 0. The summed E-state index contributed by atoms with van der Waals surface area (Å²) in [6.45, 7) is 0. The Labute approximate surface area is 53.6 Å². The molecule has 20 valence electrons. The minimum Gasteiger partial charge on any atom is -0.357 e. The van der Waals surface area contributed by atoms with Crippen molar-refractivity contribution in [2.24, 2.45) is 0 Å². The Bertz CT molecular complexity index is 6.00. The summed E-state index contributed by atoms with van der Waals surface area (Å²) in [6, 6.07) is 0. The van der Waals surface area contributed by atoms with Gasteiger partial charge in [-0.05, 0) is 6.26 Å². The van der Waals surface area contributed by atoms with Gasteiger partial charge in [0, 0.05) is 0 Å². The van der Waals surface area contributed by atoms with E-state index in [1.165, 1.54) is 11.8 Å². The number of thioether (sulfide) groups is 1. The smallest absolute Gasteiger partial charge is 0.357 e. The Kier molecular flexibility index (Phi) is 19.9. The average Bonchev–Trinajstić information content (AvgIpc) is 0.918. The van der Waals surface area contributed by atoms with Gasteiger partial charge in [0.1, 0.15) is 0 Å². The minimum absolute atomic E-state index is 0. The molecule has 0 aliphatic heterocycles. The SMILES string of the molecule is [CH2-]SC.[Na+]. The summed E-state index contributed by atoms with van der Waals surface area (Å²) in [5.41, 5.74) is 0. The van der Waals surface area contributed by atoms with Crippen LogP contribution in [0, 0.1) is 6.26 Å². The summed E-state index contributed by atoms with van der Waals surface area (Å²) in [5.74, 6) is 0. The van der Waals surface area contributed by atoms with Gasteiger partial charge in [-0.15, -0.1) is 0 Å². The molecule has 0 bridgehead atoms. The first-order chi connectivity index (χ1) is 1.41. The van der Waals surface area contributed by atoms with Crippen LogP contribution in [0.3, 0.4) is 0 Å². The van der Waals surface area contributed by atoms with E-state index in [9.17, 15) is 0 Å². The predicted molar refractivity (Wildman–Crippen MR) is 18.9 cm³/mol. The third-order valence-corrected chi connectivity index (χ3v) is 0. The van der Waals surface area contributed by atoms with E-state index in [1.54, 1.807) is 0 Å². The second-order valence-corrected chi connectivity index (χ2v) is 0.866. The quantitative estimate of drug-likeness (QED) is 0.245. The molecular weight excluding hydrogens is 79.1 g/mol. The third-order valence-electron chi connectivity index (χ3n) is 0. The van der Waals surface area contributed by atoms with Crippen LogP contribution in [0.4, 0.5) is 0 Å². The van der Waals surface area contributed by atoms with Gasteiger partial charge in [0.2, 0.25) is 0 Å². The summed E-state index contributed by atoms with van der Waals surface area (Å²) in [7, 11) is 0. The van der Waals surface area contributed by atoms with Crippen LogP contribution in [0.5, 0.6) is 0 Å². The molecule has 0 spiro atoms. The van der Waals surface area contributed by atoms with Gasteiger partial charge in [-0.3, -0.25) is 6.26 Å². The average molecular weight is 84.1 g/mol. The zero-order chi connectivity index (χ0) is 2.71. The van der Waals surface area contributed by atoms with E-state index in [0.29, 0.717) is 0 Å². The van der Waals surface area contributed by atoms with Crippen molar-refractivity contribution >= 4 is 11.8 Å². The van der Waals surface area contributed by atoms with Crippen LogP contribution in [0.15, 0.2) is 0 Å². The number of hydrogen-bond donors (Lipinski definition) is 0. The Morgan fingerprint density at radius 2 is 1.75 bits per heavy atom. The monoisotopic (exact) mass is 84.0 g/mol. The van der Waals surface area contributed by atoms with Gasteiger partial charge < -0.3 is 11.8 Å². The van der Waals surface area contributed by atoms with Crippen LogP contribution in [0.1, 0.15) is 0 Å². The molecule has 0 atom stereocenters. The fraction of sp³-hybridized carbons (Fsp3) is 0.500. The summed E-state index contributed by atoms with van der Waals surface area (Å²) in [4.78, 5) is 0. The first-order valence-corrected chi connectivity index (χ1v) is 2.09. The summed E-state index contributed by atoms with van der Waals surface area (Å²) >= 11 is 1.50. The van der Waals surface area contributed by atoms with Crippen molar-refractivity contribution in [3.63, 3.8) is 0 Å². The molecule has 0 saturated heterocycles. The zero-order valence-corrected chi connectivity index (χ0v) is 5.93. The van der Waals surface area contributed by atoms with Crippen molar-refractivity contribution in [1.29, 1.82) is 0 Å². The molecule has 4 heavy (non-hydrogen) atoms. The molecular formula is C2H5NaS. The van der Waals surface area contributed by atoms with E-state index in [-0.39, 0.29) is 29.6 Å². The van der Waals surface area contributed by atoms with E-state index in [0.717, 1.165) is 0 Å². The van der Waals surface area contributed by atoms with Gasteiger partial charge in [0.25, 0.3) is 0 Å². The van der Waals surface area contributed by atoms with E-state index < -0.39 is 0 Å². The van der Waals surface area contributed by atoms with Crippen molar-refractivity contribution in [3.05, 3.63) is 6.26 Å². The maximum Gasteiger partial charge on any atom is 1.00 e. The van der Waals surface area contributed by atoms with Gasteiger partial charge in [-0.1, -0.05) is 0 Å². The first-order valence-electron chi connectivity index (χ1n) is 0.697. The van der Waals surface area contributed by atoms with Crippen LogP contribution < -0.4 is 29.6 Å². The normalized spacial score (nSPS) is 4.50. The van der Waals surface area contributed by atoms with Crippen molar-refractivity contribution in [3.8, 4) is 0 Å².